The van der Waals surface area contributed by atoms with Crippen molar-refractivity contribution >= 4 is 33.0 Å². The first-order valence-electron chi connectivity index (χ1n) is 8.45. The summed E-state index contributed by atoms with van der Waals surface area (Å²) in [5.41, 5.74) is -1.50. The van der Waals surface area contributed by atoms with Gasteiger partial charge in [-0.3, -0.25) is 4.72 Å². The molecule has 30 heavy (non-hydrogen) atoms. The van der Waals surface area contributed by atoms with E-state index in [2.05, 4.69) is 0 Å². The van der Waals surface area contributed by atoms with Gasteiger partial charge in [0.05, 0.1) is 21.3 Å². The summed E-state index contributed by atoms with van der Waals surface area (Å²) in [7, 11) is -1.05. The standard InChI is InChI=1S/C20H15ClF4N2O2S/c1-27(2)14-9-8-11(10-13(14)21)15-16(22)17(23)18(24)19(25)20(15)26-30(28,29)12-6-4-3-5-7-12/h3-10,26H,1-2H3. The lowest BCUT2D eigenvalue weighted by atomic mass is 10.0. The zero-order chi connectivity index (χ0) is 22.2. The molecule has 0 aliphatic carbocycles. The predicted octanol–water partition coefficient (Wildman–Crippen LogP) is 5.43. The third kappa shape index (κ3) is 3.95. The van der Waals surface area contributed by atoms with E-state index >= 15 is 0 Å². The molecule has 0 saturated heterocycles. The molecule has 0 radical (unpaired) electrons. The lowest BCUT2D eigenvalue weighted by molar-refractivity contribution is 0.413. The van der Waals surface area contributed by atoms with Crippen LogP contribution in [0.4, 0.5) is 28.9 Å². The molecule has 0 aliphatic rings. The summed E-state index contributed by atoms with van der Waals surface area (Å²) in [4.78, 5) is 1.37. The minimum absolute atomic E-state index is 0.110. The van der Waals surface area contributed by atoms with Gasteiger partial charge in [-0.15, -0.1) is 0 Å². The van der Waals surface area contributed by atoms with Crippen LogP contribution in [0, 0.1) is 23.3 Å². The predicted molar refractivity (Wildman–Crippen MR) is 108 cm³/mol. The molecule has 0 saturated carbocycles. The van der Waals surface area contributed by atoms with Gasteiger partial charge in [0.15, 0.2) is 23.3 Å². The molecule has 158 valence electrons. The first kappa shape index (κ1) is 21.9. The molecule has 0 aromatic heterocycles. The Labute approximate surface area is 175 Å². The van der Waals surface area contributed by atoms with Crippen molar-refractivity contribution in [3.05, 3.63) is 76.8 Å². The first-order chi connectivity index (χ1) is 14.0. The summed E-state index contributed by atoms with van der Waals surface area (Å²) in [5, 5.41) is 0.110. The van der Waals surface area contributed by atoms with Gasteiger partial charge in [0.1, 0.15) is 0 Å². The Kier molecular flexibility index (Phi) is 5.96. The van der Waals surface area contributed by atoms with Gasteiger partial charge in [-0.2, -0.15) is 0 Å². The highest BCUT2D eigenvalue weighted by atomic mass is 35.5. The van der Waals surface area contributed by atoms with Crippen LogP contribution in [-0.2, 0) is 10.0 Å². The number of hydrogen-bond donors (Lipinski definition) is 1. The van der Waals surface area contributed by atoms with Gasteiger partial charge >= 0.3 is 0 Å². The number of hydrogen-bond acceptors (Lipinski definition) is 3. The van der Waals surface area contributed by atoms with Crippen molar-refractivity contribution in [2.45, 2.75) is 4.90 Å². The van der Waals surface area contributed by atoms with Gasteiger partial charge in [-0.1, -0.05) is 35.9 Å². The van der Waals surface area contributed by atoms with Gasteiger partial charge in [0.2, 0.25) is 0 Å². The van der Waals surface area contributed by atoms with Crippen LogP contribution in [0.1, 0.15) is 0 Å². The molecule has 0 bridgehead atoms. The minimum Gasteiger partial charge on any atom is -0.376 e. The zero-order valence-corrected chi connectivity index (χ0v) is 17.3. The summed E-state index contributed by atoms with van der Waals surface area (Å²) in [5.74, 6) is -7.85. The van der Waals surface area contributed by atoms with E-state index in [1.54, 1.807) is 25.1 Å². The number of rotatable bonds is 5. The number of halogens is 5. The molecular formula is C20H15ClF4N2O2S. The van der Waals surface area contributed by atoms with Crippen LogP contribution in [0.15, 0.2) is 53.4 Å². The van der Waals surface area contributed by atoms with Crippen LogP contribution in [0.25, 0.3) is 11.1 Å². The Bertz CT molecular complexity index is 1220. The molecule has 0 spiro atoms. The Morgan fingerprint density at radius 2 is 1.47 bits per heavy atom. The fourth-order valence-corrected chi connectivity index (χ4v) is 4.26. The van der Waals surface area contributed by atoms with Gasteiger partial charge in [-0.25, -0.2) is 26.0 Å². The largest absolute Gasteiger partial charge is 0.376 e. The van der Waals surface area contributed by atoms with Gasteiger partial charge in [0, 0.05) is 19.7 Å². The van der Waals surface area contributed by atoms with Gasteiger partial charge in [-0.05, 0) is 29.8 Å². The molecule has 0 fully saturated rings. The smallest absolute Gasteiger partial charge is 0.262 e. The number of sulfonamides is 1. The number of anilines is 2. The number of benzene rings is 3. The van der Waals surface area contributed by atoms with E-state index in [1.165, 1.54) is 42.5 Å². The van der Waals surface area contributed by atoms with Crippen molar-refractivity contribution in [3.63, 3.8) is 0 Å². The average molecular weight is 459 g/mol. The van der Waals surface area contributed by atoms with E-state index in [1.807, 2.05) is 4.72 Å². The highest BCUT2D eigenvalue weighted by Gasteiger charge is 2.29. The second-order valence-electron chi connectivity index (χ2n) is 6.49. The number of nitrogens with zero attached hydrogens (tertiary/aromatic N) is 1. The lowest BCUT2D eigenvalue weighted by Crippen LogP contribution is -2.17. The van der Waals surface area contributed by atoms with Crippen LogP contribution in [0.2, 0.25) is 5.02 Å². The highest BCUT2D eigenvalue weighted by Crippen LogP contribution is 2.40. The average Bonchev–Trinajstić information content (AvgIpc) is 2.71. The minimum atomic E-state index is -4.43. The molecule has 3 aromatic rings. The summed E-state index contributed by atoms with van der Waals surface area (Å²) < 4.78 is 84.2. The molecule has 3 aromatic carbocycles. The van der Waals surface area contributed by atoms with E-state index in [9.17, 15) is 26.0 Å². The molecule has 10 heteroatoms. The molecule has 0 heterocycles. The molecule has 0 aliphatic heterocycles. The molecule has 0 amide bonds. The Morgan fingerprint density at radius 3 is 2.03 bits per heavy atom. The first-order valence-corrected chi connectivity index (χ1v) is 10.3. The lowest BCUT2D eigenvalue weighted by Gasteiger charge is -2.18. The van der Waals surface area contributed by atoms with Crippen molar-refractivity contribution in [2.75, 3.05) is 23.7 Å². The van der Waals surface area contributed by atoms with Crippen LogP contribution in [-0.4, -0.2) is 22.5 Å². The van der Waals surface area contributed by atoms with Crippen LogP contribution in [0.3, 0.4) is 0 Å². The summed E-state index contributed by atoms with van der Waals surface area (Å²) >= 11 is 6.15. The van der Waals surface area contributed by atoms with E-state index in [4.69, 9.17) is 11.6 Å². The maximum Gasteiger partial charge on any atom is 0.262 e. The van der Waals surface area contributed by atoms with E-state index in [-0.39, 0.29) is 15.5 Å². The molecule has 4 nitrogen and oxygen atoms in total. The maximum atomic E-state index is 14.7. The topological polar surface area (TPSA) is 49.4 Å². The maximum absolute atomic E-state index is 14.7. The summed E-state index contributed by atoms with van der Waals surface area (Å²) in [6.07, 6.45) is 0. The van der Waals surface area contributed by atoms with E-state index < -0.39 is 44.5 Å². The van der Waals surface area contributed by atoms with E-state index in [0.717, 1.165) is 0 Å². The molecule has 0 unspecified atom stereocenters. The summed E-state index contributed by atoms with van der Waals surface area (Å²) in [6, 6.07) is 10.7. The Morgan fingerprint density at radius 1 is 0.867 bits per heavy atom. The quantitative estimate of drug-likeness (QED) is 0.315. The second-order valence-corrected chi connectivity index (χ2v) is 8.57. The van der Waals surface area contributed by atoms with Gasteiger partial charge in [0.25, 0.3) is 10.0 Å². The summed E-state index contributed by atoms with van der Waals surface area (Å²) in [6.45, 7) is 0. The molecule has 1 N–H and O–H groups in total. The van der Waals surface area contributed by atoms with Gasteiger partial charge < -0.3 is 4.90 Å². The molecule has 3 rings (SSSR count). The molecule has 0 atom stereocenters. The van der Waals surface area contributed by atoms with Crippen LogP contribution in [0.5, 0.6) is 0 Å². The van der Waals surface area contributed by atoms with Crippen molar-refractivity contribution < 1.29 is 26.0 Å². The monoisotopic (exact) mass is 458 g/mol. The fraction of sp³-hybridized carbons (Fsp3) is 0.100. The second kappa shape index (κ2) is 8.16. The highest BCUT2D eigenvalue weighted by molar-refractivity contribution is 7.92. The number of nitrogens with one attached hydrogen (secondary N) is 1. The van der Waals surface area contributed by atoms with E-state index in [0.29, 0.717) is 5.69 Å². The Hall–Kier alpha value is -2.78. The van der Waals surface area contributed by atoms with Crippen LogP contribution >= 0.6 is 11.6 Å². The van der Waals surface area contributed by atoms with Crippen molar-refractivity contribution in [3.8, 4) is 11.1 Å². The molecular weight excluding hydrogens is 444 g/mol. The fourth-order valence-electron chi connectivity index (χ4n) is 2.82. The van der Waals surface area contributed by atoms with Crippen molar-refractivity contribution in [1.29, 1.82) is 0 Å². The SMILES string of the molecule is CN(C)c1ccc(-c2c(F)c(F)c(F)c(F)c2NS(=O)(=O)c2ccccc2)cc1Cl. The third-order valence-electron chi connectivity index (χ3n) is 4.28. The third-order valence-corrected chi connectivity index (χ3v) is 5.94. The van der Waals surface area contributed by atoms with Crippen molar-refractivity contribution in [1.82, 2.24) is 0 Å². The zero-order valence-electron chi connectivity index (χ0n) is 15.7. The Balaban J connectivity index is 2.25. The van der Waals surface area contributed by atoms with Crippen LogP contribution < -0.4 is 9.62 Å². The normalized spacial score (nSPS) is 11.4. The van der Waals surface area contributed by atoms with Crippen molar-refractivity contribution in [2.24, 2.45) is 0 Å².